The van der Waals surface area contributed by atoms with Crippen molar-refractivity contribution in [3.05, 3.63) is 80.9 Å². The molecule has 3 heterocycles. The van der Waals surface area contributed by atoms with E-state index < -0.39 is 17.7 Å². The Bertz CT molecular complexity index is 1470. The summed E-state index contributed by atoms with van der Waals surface area (Å²) in [6.07, 6.45) is 0.720. The van der Waals surface area contributed by atoms with E-state index in [2.05, 4.69) is 18.8 Å². The summed E-state index contributed by atoms with van der Waals surface area (Å²) in [6.45, 7) is 9.28. The summed E-state index contributed by atoms with van der Waals surface area (Å²) >= 11 is 1.07. The highest BCUT2D eigenvalue weighted by Gasteiger charge is 2.48. The van der Waals surface area contributed by atoms with Gasteiger partial charge in [-0.05, 0) is 54.7 Å². The fourth-order valence-electron chi connectivity index (χ4n) is 4.95. The molecule has 2 atom stereocenters. The average Bonchev–Trinajstić information content (AvgIpc) is 3.50. The smallest absolute Gasteiger partial charge is 0.301 e. The van der Waals surface area contributed by atoms with E-state index in [1.807, 2.05) is 37.3 Å². The number of hydrogen-bond acceptors (Lipinski definition) is 7. The lowest BCUT2D eigenvalue weighted by Gasteiger charge is -2.23. The molecule has 1 amide bonds. The Hall–Kier alpha value is -3.78. The molecule has 0 bridgehead atoms. The fourth-order valence-corrected chi connectivity index (χ4v) is 5.93. The van der Waals surface area contributed by atoms with Crippen molar-refractivity contribution in [2.24, 2.45) is 0 Å². The molecule has 1 fully saturated rings. The summed E-state index contributed by atoms with van der Waals surface area (Å²) < 4.78 is 5.77. The number of hydrogen-bond donors (Lipinski definition) is 1. The Morgan fingerprint density at radius 2 is 1.86 bits per heavy atom. The molecule has 2 aliphatic rings. The number of Topliss-reactive ketones (excluding diaryl/α,β-unsaturated/α-hetero) is 2. The highest BCUT2D eigenvalue weighted by Crippen LogP contribution is 2.44. The number of nitrogens with zero attached hydrogens (tertiary/aromatic N) is 2. The quantitative estimate of drug-likeness (QED) is 0.201. The summed E-state index contributed by atoms with van der Waals surface area (Å²) in [7, 11) is 0. The molecular weight excluding hydrogens is 488 g/mol. The minimum Gasteiger partial charge on any atom is -0.507 e. The van der Waals surface area contributed by atoms with Gasteiger partial charge in [-0.3, -0.25) is 19.3 Å². The molecule has 2 aliphatic heterocycles. The number of carbonyl (C=O) groups excluding carboxylic acids is 3. The van der Waals surface area contributed by atoms with Crippen LogP contribution in [0.15, 0.2) is 48.0 Å². The van der Waals surface area contributed by atoms with Gasteiger partial charge in [-0.25, -0.2) is 4.98 Å². The standard InChI is InChI=1S/C29H28N2O5S/c1-14(2)18-6-8-19(9-7-18)24-23(25(33)20-10-11-22-21(13-20)12-15(3)36-22)26(34)28(35)31(24)29-30-16(4)27(37-29)17(5)32/h6-11,13-15,24,33H,12H2,1-5H3/b25-23+/t15-,24-/m1/s1. The van der Waals surface area contributed by atoms with E-state index in [-0.39, 0.29) is 28.4 Å². The fraction of sp³-hybridized carbons (Fsp3) is 0.310. The molecule has 0 saturated carbocycles. The number of ether oxygens (including phenoxy) is 1. The monoisotopic (exact) mass is 516 g/mol. The van der Waals surface area contributed by atoms with Gasteiger partial charge in [0.05, 0.1) is 22.2 Å². The minimum absolute atomic E-state index is 0.00793. The van der Waals surface area contributed by atoms with Crippen LogP contribution in [0.25, 0.3) is 5.76 Å². The van der Waals surface area contributed by atoms with Gasteiger partial charge in [-0.15, -0.1) is 0 Å². The third kappa shape index (κ3) is 4.25. The normalized spacial score (nSPS) is 20.4. The molecular formula is C29H28N2O5S. The number of anilines is 1. The van der Waals surface area contributed by atoms with E-state index in [9.17, 15) is 19.5 Å². The molecule has 0 radical (unpaired) electrons. The second kappa shape index (κ2) is 9.27. The third-order valence-electron chi connectivity index (χ3n) is 6.84. The van der Waals surface area contributed by atoms with E-state index in [4.69, 9.17) is 4.74 Å². The van der Waals surface area contributed by atoms with Gasteiger partial charge >= 0.3 is 5.91 Å². The first-order valence-corrected chi connectivity index (χ1v) is 13.1. The van der Waals surface area contributed by atoms with Crippen molar-refractivity contribution in [1.82, 2.24) is 4.98 Å². The Kier molecular flexibility index (Phi) is 6.23. The van der Waals surface area contributed by atoms with Crippen LogP contribution in [0.3, 0.4) is 0 Å². The number of rotatable bonds is 5. The van der Waals surface area contributed by atoms with Crippen molar-refractivity contribution < 1.29 is 24.2 Å². The predicted molar refractivity (Wildman–Crippen MR) is 142 cm³/mol. The van der Waals surface area contributed by atoms with Crippen molar-refractivity contribution in [2.45, 2.75) is 59.1 Å². The lowest BCUT2D eigenvalue weighted by molar-refractivity contribution is -0.132. The number of carbonyl (C=O) groups is 3. The highest BCUT2D eigenvalue weighted by atomic mass is 32.1. The molecule has 5 rings (SSSR count). The molecule has 0 aliphatic carbocycles. The molecule has 1 saturated heterocycles. The number of ketones is 2. The number of aromatic nitrogens is 1. The maximum Gasteiger partial charge on any atom is 0.301 e. The largest absolute Gasteiger partial charge is 0.507 e. The summed E-state index contributed by atoms with van der Waals surface area (Å²) in [4.78, 5) is 45.2. The Morgan fingerprint density at radius 3 is 2.49 bits per heavy atom. The number of aliphatic hydroxyl groups is 1. The van der Waals surface area contributed by atoms with Crippen molar-refractivity contribution in [2.75, 3.05) is 4.90 Å². The first-order valence-electron chi connectivity index (χ1n) is 12.3. The van der Waals surface area contributed by atoms with Gasteiger partial charge in [-0.2, -0.15) is 0 Å². The van der Waals surface area contributed by atoms with Crippen LogP contribution in [-0.2, 0) is 16.0 Å². The Balaban J connectivity index is 1.69. The molecule has 2 aromatic carbocycles. The molecule has 3 aromatic rings. The van der Waals surface area contributed by atoms with Gasteiger partial charge in [0, 0.05) is 18.9 Å². The number of benzene rings is 2. The minimum atomic E-state index is -0.894. The number of thiazole rings is 1. The molecule has 1 aromatic heterocycles. The van der Waals surface area contributed by atoms with Crippen molar-refractivity contribution in [3.8, 4) is 5.75 Å². The Morgan fingerprint density at radius 1 is 1.16 bits per heavy atom. The van der Waals surface area contributed by atoms with Crippen LogP contribution in [0.2, 0.25) is 0 Å². The zero-order valence-electron chi connectivity index (χ0n) is 21.4. The van der Waals surface area contributed by atoms with Crippen molar-refractivity contribution in [3.63, 3.8) is 0 Å². The summed E-state index contributed by atoms with van der Waals surface area (Å²) in [6, 6.07) is 12.1. The van der Waals surface area contributed by atoms with Gasteiger partial charge in [0.25, 0.3) is 5.78 Å². The van der Waals surface area contributed by atoms with Gasteiger partial charge in [-0.1, -0.05) is 49.4 Å². The van der Waals surface area contributed by atoms with Gasteiger partial charge in [0.2, 0.25) is 0 Å². The zero-order chi connectivity index (χ0) is 26.6. The number of aliphatic hydroxyl groups excluding tert-OH is 1. The highest BCUT2D eigenvalue weighted by molar-refractivity contribution is 7.18. The SMILES string of the molecule is CC(=O)c1sc(N2C(=O)C(=O)/C(=C(/O)c3ccc4c(c3)C[C@@H](C)O4)[C@H]2c2ccc(C(C)C)cc2)nc1C. The summed E-state index contributed by atoms with van der Waals surface area (Å²) in [5.41, 5.74) is 3.64. The molecule has 0 spiro atoms. The van der Waals surface area contributed by atoms with Crippen LogP contribution in [0.4, 0.5) is 5.13 Å². The van der Waals surface area contributed by atoms with Crippen LogP contribution in [0.1, 0.15) is 77.3 Å². The van der Waals surface area contributed by atoms with E-state index >= 15 is 0 Å². The first-order chi connectivity index (χ1) is 17.6. The lowest BCUT2D eigenvalue weighted by Crippen LogP contribution is -2.29. The molecule has 7 nitrogen and oxygen atoms in total. The van der Waals surface area contributed by atoms with Crippen LogP contribution >= 0.6 is 11.3 Å². The van der Waals surface area contributed by atoms with E-state index in [1.54, 1.807) is 19.1 Å². The number of amides is 1. The van der Waals surface area contributed by atoms with E-state index in [0.717, 1.165) is 28.2 Å². The number of fused-ring (bicyclic) bond motifs is 1. The number of aryl methyl sites for hydroxylation is 1. The first kappa shape index (κ1) is 24.9. The topological polar surface area (TPSA) is 96.8 Å². The van der Waals surface area contributed by atoms with E-state index in [1.165, 1.54) is 11.8 Å². The van der Waals surface area contributed by atoms with E-state index in [0.29, 0.717) is 34.0 Å². The summed E-state index contributed by atoms with van der Waals surface area (Å²) in [5.74, 6) is -0.942. The maximum absolute atomic E-state index is 13.5. The maximum atomic E-state index is 13.5. The van der Waals surface area contributed by atoms with Crippen LogP contribution in [0.5, 0.6) is 5.75 Å². The zero-order valence-corrected chi connectivity index (χ0v) is 22.2. The second-order valence-corrected chi connectivity index (χ2v) is 10.9. The summed E-state index contributed by atoms with van der Waals surface area (Å²) in [5, 5.41) is 11.7. The van der Waals surface area contributed by atoms with Crippen molar-refractivity contribution >= 4 is 39.7 Å². The van der Waals surface area contributed by atoms with Gasteiger partial charge in [0.15, 0.2) is 10.9 Å². The van der Waals surface area contributed by atoms with Crippen LogP contribution in [0, 0.1) is 6.92 Å². The third-order valence-corrected chi connectivity index (χ3v) is 8.10. The second-order valence-electron chi connectivity index (χ2n) is 9.91. The predicted octanol–water partition coefficient (Wildman–Crippen LogP) is 5.73. The molecule has 1 N–H and O–H groups in total. The van der Waals surface area contributed by atoms with Crippen LogP contribution in [-0.4, -0.2) is 33.7 Å². The lowest BCUT2D eigenvalue weighted by atomic mass is 9.93. The Labute approximate surface area is 219 Å². The average molecular weight is 517 g/mol. The van der Waals surface area contributed by atoms with Crippen molar-refractivity contribution in [1.29, 1.82) is 0 Å². The molecule has 37 heavy (non-hydrogen) atoms. The molecule has 0 unspecified atom stereocenters. The van der Waals surface area contributed by atoms with Gasteiger partial charge in [0.1, 0.15) is 17.6 Å². The molecule has 190 valence electrons. The van der Waals surface area contributed by atoms with Crippen LogP contribution < -0.4 is 9.64 Å². The molecule has 8 heteroatoms. The van der Waals surface area contributed by atoms with Gasteiger partial charge < -0.3 is 9.84 Å².